The summed E-state index contributed by atoms with van der Waals surface area (Å²) in [6.07, 6.45) is 4.27. The fraction of sp³-hybridized carbons (Fsp3) is 0.900. The molecule has 1 heterocycles. The van der Waals surface area contributed by atoms with Crippen molar-refractivity contribution in [2.75, 3.05) is 18.4 Å². The van der Waals surface area contributed by atoms with Crippen LogP contribution >= 0.6 is 15.9 Å². The Hall–Kier alpha value is -0.0500. The van der Waals surface area contributed by atoms with Crippen molar-refractivity contribution in [1.82, 2.24) is 4.90 Å². The molecule has 0 aromatic carbocycles. The van der Waals surface area contributed by atoms with Crippen LogP contribution in [0.5, 0.6) is 0 Å². The standard InChI is InChI=1S/C10H18BrNO/c1-2-4-9-7-10(13)12(8-9)6-3-5-11/h9H,2-8H2,1H3. The molecule has 3 heteroatoms. The summed E-state index contributed by atoms with van der Waals surface area (Å²) in [5.41, 5.74) is 0. The highest BCUT2D eigenvalue weighted by Gasteiger charge is 2.27. The summed E-state index contributed by atoms with van der Waals surface area (Å²) in [4.78, 5) is 13.5. The molecule has 1 unspecified atom stereocenters. The third-order valence-corrected chi connectivity index (χ3v) is 3.11. The molecule has 76 valence electrons. The van der Waals surface area contributed by atoms with Crippen molar-refractivity contribution in [2.24, 2.45) is 5.92 Å². The van der Waals surface area contributed by atoms with Gasteiger partial charge in [-0.25, -0.2) is 0 Å². The zero-order valence-electron chi connectivity index (χ0n) is 8.26. The third kappa shape index (κ3) is 3.29. The Morgan fingerprint density at radius 3 is 3.00 bits per heavy atom. The number of carbonyl (C=O) groups is 1. The molecule has 0 N–H and O–H groups in total. The first-order valence-electron chi connectivity index (χ1n) is 5.11. The Bertz CT molecular complexity index is 172. The molecule has 1 aliphatic heterocycles. The van der Waals surface area contributed by atoms with Gasteiger partial charge in [-0.05, 0) is 18.8 Å². The smallest absolute Gasteiger partial charge is 0.222 e. The van der Waals surface area contributed by atoms with Crippen LogP contribution in [0.3, 0.4) is 0 Å². The minimum Gasteiger partial charge on any atom is -0.342 e. The predicted molar refractivity (Wildman–Crippen MR) is 58.0 cm³/mol. The van der Waals surface area contributed by atoms with Crippen molar-refractivity contribution in [3.63, 3.8) is 0 Å². The van der Waals surface area contributed by atoms with Gasteiger partial charge in [-0.15, -0.1) is 0 Å². The number of hydrogen-bond acceptors (Lipinski definition) is 1. The van der Waals surface area contributed by atoms with E-state index in [-0.39, 0.29) is 0 Å². The Morgan fingerprint density at radius 1 is 1.62 bits per heavy atom. The lowest BCUT2D eigenvalue weighted by molar-refractivity contribution is -0.127. The van der Waals surface area contributed by atoms with Gasteiger partial charge in [0.25, 0.3) is 0 Å². The topological polar surface area (TPSA) is 20.3 Å². The van der Waals surface area contributed by atoms with Crippen molar-refractivity contribution in [1.29, 1.82) is 0 Å². The molecule has 0 radical (unpaired) electrons. The van der Waals surface area contributed by atoms with Crippen LogP contribution in [0.4, 0.5) is 0 Å². The Kier molecular flexibility index (Phi) is 4.78. The lowest BCUT2D eigenvalue weighted by atomic mass is 10.0. The molecule has 1 atom stereocenters. The second kappa shape index (κ2) is 5.63. The van der Waals surface area contributed by atoms with E-state index in [1.165, 1.54) is 12.8 Å². The molecule has 13 heavy (non-hydrogen) atoms. The second-order valence-corrected chi connectivity index (χ2v) is 4.53. The highest BCUT2D eigenvalue weighted by molar-refractivity contribution is 9.09. The van der Waals surface area contributed by atoms with E-state index < -0.39 is 0 Å². The summed E-state index contributed by atoms with van der Waals surface area (Å²) in [7, 11) is 0. The van der Waals surface area contributed by atoms with Gasteiger partial charge in [0.1, 0.15) is 0 Å². The zero-order valence-corrected chi connectivity index (χ0v) is 9.85. The van der Waals surface area contributed by atoms with E-state index in [0.29, 0.717) is 11.8 Å². The van der Waals surface area contributed by atoms with Gasteiger partial charge in [0, 0.05) is 24.8 Å². The van der Waals surface area contributed by atoms with Crippen molar-refractivity contribution in [3.05, 3.63) is 0 Å². The van der Waals surface area contributed by atoms with Crippen LogP contribution in [0.15, 0.2) is 0 Å². The van der Waals surface area contributed by atoms with E-state index in [2.05, 4.69) is 22.9 Å². The quantitative estimate of drug-likeness (QED) is 0.684. The summed E-state index contributed by atoms with van der Waals surface area (Å²) in [5.74, 6) is 0.993. The number of rotatable bonds is 5. The van der Waals surface area contributed by atoms with Gasteiger partial charge < -0.3 is 4.90 Å². The number of halogens is 1. The average molecular weight is 248 g/mol. The molecule has 0 aromatic rings. The van der Waals surface area contributed by atoms with Crippen LogP contribution in [-0.4, -0.2) is 29.2 Å². The van der Waals surface area contributed by atoms with E-state index in [1.807, 2.05) is 4.90 Å². The summed E-state index contributed by atoms with van der Waals surface area (Å²) >= 11 is 3.38. The number of hydrogen-bond donors (Lipinski definition) is 0. The van der Waals surface area contributed by atoms with Crippen molar-refractivity contribution in [2.45, 2.75) is 32.6 Å². The van der Waals surface area contributed by atoms with Crippen LogP contribution in [0, 0.1) is 5.92 Å². The molecule has 0 aromatic heterocycles. The monoisotopic (exact) mass is 247 g/mol. The van der Waals surface area contributed by atoms with Crippen molar-refractivity contribution < 1.29 is 4.79 Å². The van der Waals surface area contributed by atoms with E-state index in [4.69, 9.17) is 0 Å². The highest BCUT2D eigenvalue weighted by Crippen LogP contribution is 2.22. The maximum atomic E-state index is 11.5. The molecular weight excluding hydrogens is 230 g/mol. The molecule has 2 nitrogen and oxygen atoms in total. The lowest BCUT2D eigenvalue weighted by Crippen LogP contribution is -2.26. The molecular formula is C10H18BrNO. The van der Waals surface area contributed by atoms with Gasteiger partial charge in [-0.3, -0.25) is 4.79 Å². The maximum absolute atomic E-state index is 11.5. The SMILES string of the molecule is CCCC1CC(=O)N(CCCBr)C1. The lowest BCUT2D eigenvalue weighted by Gasteiger charge is -2.15. The number of likely N-dealkylation sites (tertiary alicyclic amines) is 1. The number of alkyl halides is 1. The van der Waals surface area contributed by atoms with Crippen LogP contribution in [0.2, 0.25) is 0 Å². The Labute approximate surface area is 88.8 Å². The molecule has 0 saturated carbocycles. The molecule has 0 spiro atoms. The summed E-state index contributed by atoms with van der Waals surface area (Å²) in [6.45, 7) is 4.12. The predicted octanol–water partition coefficient (Wildman–Crippen LogP) is 2.42. The Balaban J connectivity index is 2.28. The van der Waals surface area contributed by atoms with Gasteiger partial charge in [0.15, 0.2) is 0 Å². The second-order valence-electron chi connectivity index (χ2n) is 3.74. The molecule has 0 aliphatic carbocycles. The first-order chi connectivity index (χ1) is 6.27. The largest absolute Gasteiger partial charge is 0.342 e. The first-order valence-corrected chi connectivity index (χ1v) is 6.23. The van der Waals surface area contributed by atoms with Gasteiger partial charge in [0.05, 0.1) is 0 Å². The Morgan fingerprint density at radius 2 is 2.38 bits per heavy atom. The minimum absolute atomic E-state index is 0.361. The fourth-order valence-electron chi connectivity index (χ4n) is 1.92. The van der Waals surface area contributed by atoms with E-state index in [1.54, 1.807) is 0 Å². The first kappa shape index (κ1) is 11.0. The number of carbonyl (C=O) groups excluding carboxylic acids is 1. The summed E-state index contributed by atoms with van der Waals surface area (Å²) in [6, 6.07) is 0. The molecule has 1 amide bonds. The maximum Gasteiger partial charge on any atom is 0.222 e. The van der Waals surface area contributed by atoms with Crippen LogP contribution in [0.25, 0.3) is 0 Å². The number of nitrogens with zero attached hydrogens (tertiary/aromatic N) is 1. The zero-order chi connectivity index (χ0) is 9.68. The normalized spacial score (nSPS) is 22.8. The summed E-state index contributed by atoms with van der Waals surface area (Å²) in [5, 5.41) is 0.995. The molecule has 1 saturated heterocycles. The van der Waals surface area contributed by atoms with Crippen LogP contribution in [-0.2, 0) is 4.79 Å². The minimum atomic E-state index is 0.361. The van der Waals surface area contributed by atoms with Gasteiger partial charge >= 0.3 is 0 Å². The third-order valence-electron chi connectivity index (χ3n) is 2.55. The van der Waals surface area contributed by atoms with Gasteiger partial charge in [0.2, 0.25) is 5.91 Å². The van der Waals surface area contributed by atoms with E-state index in [0.717, 1.165) is 31.3 Å². The van der Waals surface area contributed by atoms with Crippen molar-refractivity contribution >= 4 is 21.8 Å². The molecule has 1 aliphatic rings. The van der Waals surface area contributed by atoms with E-state index >= 15 is 0 Å². The van der Waals surface area contributed by atoms with E-state index in [9.17, 15) is 4.79 Å². The molecule has 0 bridgehead atoms. The van der Waals surface area contributed by atoms with Crippen LogP contribution in [0.1, 0.15) is 32.6 Å². The summed E-state index contributed by atoms with van der Waals surface area (Å²) < 4.78 is 0. The fourth-order valence-corrected chi connectivity index (χ4v) is 2.17. The van der Waals surface area contributed by atoms with Crippen LogP contribution < -0.4 is 0 Å². The number of amides is 1. The average Bonchev–Trinajstić information content (AvgIpc) is 2.44. The van der Waals surface area contributed by atoms with Gasteiger partial charge in [-0.1, -0.05) is 29.3 Å². The van der Waals surface area contributed by atoms with Gasteiger partial charge in [-0.2, -0.15) is 0 Å². The highest BCUT2D eigenvalue weighted by atomic mass is 79.9. The van der Waals surface area contributed by atoms with Crippen molar-refractivity contribution in [3.8, 4) is 0 Å². The molecule has 1 fully saturated rings. The molecule has 1 rings (SSSR count).